The molecule has 1 N–H and O–H groups in total. The number of pyridine rings is 1. The zero-order valence-electron chi connectivity index (χ0n) is 13.0. The molecule has 2 rings (SSSR count). The Hall–Kier alpha value is -2.50. The van der Waals surface area contributed by atoms with Crippen molar-refractivity contribution in [1.29, 1.82) is 0 Å². The van der Waals surface area contributed by atoms with E-state index in [2.05, 4.69) is 27.4 Å². The van der Waals surface area contributed by atoms with Gasteiger partial charge < -0.3 is 10.2 Å². The lowest BCUT2D eigenvalue weighted by atomic mass is 10.3. The van der Waals surface area contributed by atoms with Crippen LogP contribution in [0.5, 0.6) is 0 Å². The van der Waals surface area contributed by atoms with Gasteiger partial charge in [-0.3, -0.25) is 9.78 Å². The summed E-state index contributed by atoms with van der Waals surface area (Å²) < 4.78 is 0. The highest BCUT2D eigenvalue weighted by Gasteiger charge is 2.13. The summed E-state index contributed by atoms with van der Waals surface area (Å²) in [4.78, 5) is 17.9. The van der Waals surface area contributed by atoms with E-state index in [0.717, 1.165) is 24.9 Å². The zero-order valence-corrected chi connectivity index (χ0v) is 13.0. The Bertz CT molecular complexity index is 585. The first-order valence-electron chi connectivity index (χ1n) is 7.42. The van der Waals surface area contributed by atoms with E-state index in [1.807, 2.05) is 12.1 Å². The van der Waals surface area contributed by atoms with Crippen LogP contribution in [0.2, 0.25) is 0 Å². The van der Waals surface area contributed by atoms with Crippen LogP contribution in [-0.2, 0) is 6.54 Å². The Morgan fingerprint density at radius 2 is 2.14 bits per heavy atom. The van der Waals surface area contributed by atoms with Crippen LogP contribution in [-0.4, -0.2) is 39.6 Å². The van der Waals surface area contributed by atoms with Crippen molar-refractivity contribution in [3.8, 4) is 0 Å². The van der Waals surface area contributed by atoms with Gasteiger partial charge in [-0.2, -0.15) is 0 Å². The summed E-state index contributed by atoms with van der Waals surface area (Å²) in [5.74, 6) is 0.538. The van der Waals surface area contributed by atoms with Crippen LogP contribution in [0.1, 0.15) is 35.8 Å². The Morgan fingerprint density at radius 3 is 2.77 bits per heavy atom. The quantitative estimate of drug-likeness (QED) is 0.849. The van der Waals surface area contributed by atoms with Gasteiger partial charge >= 0.3 is 0 Å². The number of aromatic nitrogens is 3. The Kier molecular flexibility index (Phi) is 5.82. The van der Waals surface area contributed by atoms with Crippen molar-refractivity contribution in [3.05, 3.63) is 47.9 Å². The largest absolute Gasteiger partial charge is 0.364 e. The van der Waals surface area contributed by atoms with Gasteiger partial charge in [0.15, 0.2) is 5.69 Å². The van der Waals surface area contributed by atoms with Crippen molar-refractivity contribution in [1.82, 2.24) is 20.1 Å². The third-order valence-electron chi connectivity index (χ3n) is 3.27. The third kappa shape index (κ3) is 4.51. The summed E-state index contributed by atoms with van der Waals surface area (Å²) in [6.07, 6.45) is 5.57. The molecule has 0 aromatic carbocycles. The van der Waals surface area contributed by atoms with Crippen LogP contribution in [0.15, 0.2) is 36.7 Å². The van der Waals surface area contributed by atoms with Crippen molar-refractivity contribution < 1.29 is 4.79 Å². The van der Waals surface area contributed by atoms with Gasteiger partial charge in [-0.1, -0.05) is 19.4 Å². The number of nitrogens with zero attached hydrogens (tertiary/aromatic N) is 4. The predicted octanol–water partition coefficient (Wildman–Crippen LogP) is 2.36. The maximum absolute atomic E-state index is 12.1. The number of hydrogen-bond donors (Lipinski definition) is 1. The summed E-state index contributed by atoms with van der Waals surface area (Å²) in [5, 5.41) is 11.2. The molecular weight excluding hydrogens is 278 g/mol. The van der Waals surface area contributed by atoms with Crippen molar-refractivity contribution in [3.63, 3.8) is 0 Å². The zero-order chi connectivity index (χ0) is 15.8. The fraction of sp³-hybridized carbons (Fsp3) is 0.375. The number of anilines is 1. The molecule has 6 heteroatoms. The fourth-order valence-corrected chi connectivity index (χ4v) is 1.93. The van der Waals surface area contributed by atoms with E-state index in [4.69, 9.17) is 0 Å². The Morgan fingerprint density at radius 1 is 1.27 bits per heavy atom. The average molecular weight is 299 g/mol. The number of carbonyl (C=O) groups excluding carboxylic acids is 1. The number of carbonyl (C=O) groups is 1. The minimum Gasteiger partial charge on any atom is -0.364 e. The second kappa shape index (κ2) is 8.07. The third-order valence-corrected chi connectivity index (χ3v) is 3.27. The van der Waals surface area contributed by atoms with Gasteiger partial charge in [0.05, 0.1) is 0 Å². The molecule has 0 fully saturated rings. The minimum absolute atomic E-state index is 0.0974. The van der Waals surface area contributed by atoms with Crippen LogP contribution >= 0.6 is 0 Å². The molecule has 116 valence electrons. The van der Waals surface area contributed by atoms with Gasteiger partial charge in [0.1, 0.15) is 5.82 Å². The summed E-state index contributed by atoms with van der Waals surface area (Å²) >= 11 is 0. The maximum atomic E-state index is 12.1. The molecule has 0 aliphatic rings. The predicted molar refractivity (Wildman–Crippen MR) is 85.5 cm³/mol. The van der Waals surface area contributed by atoms with Crippen LogP contribution < -0.4 is 5.32 Å². The minimum atomic E-state index is -0.0974. The normalized spacial score (nSPS) is 10.3. The Labute approximate surface area is 130 Å². The monoisotopic (exact) mass is 299 g/mol. The summed E-state index contributed by atoms with van der Waals surface area (Å²) in [7, 11) is 1.79. The molecule has 0 unspecified atom stereocenters. The second-order valence-electron chi connectivity index (χ2n) is 5.10. The molecule has 2 aromatic rings. The molecule has 1 amide bonds. The molecule has 2 heterocycles. The van der Waals surface area contributed by atoms with E-state index in [0.29, 0.717) is 18.1 Å². The topological polar surface area (TPSA) is 71.0 Å². The highest BCUT2D eigenvalue weighted by molar-refractivity contribution is 5.92. The summed E-state index contributed by atoms with van der Waals surface area (Å²) in [6.45, 7) is 3.45. The van der Waals surface area contributed by atoms with Crippen molar-refractivity contribution >= 4 is 11.7 Å². The lowest BCUT2D eigenvalue weighted by Gasteiger charge is -2.15. The lowest BCUT2D eigenvalue weighted by Crippen LogP contribution is -2.28. The molecule has 0 saturated heterocycles. The first-order chi connectivity index (χ1) is 10.7. The number of nitrogens with one attached hydrogen (secondary N) is 1. The molecule has 0 aliphatic carbocycles. The number of hydrogen-bond acceptors (Lipinski definition) is 5. The van der Waals surface area contributed by atoms with Crippen LogP contribution in [0.25, 0.3) is 0 Å². The second-order valence-corrected chi connectivity index (χ2v) is 5.10. The van der Waals surface area contributed by atoms with Crippen LogP contribution in [0, 0.1) is 0 Å². The molecule has 0 aliphatic heterocycles. The molecule has 6 nitrogen and oxygen atoms in total. The number of unbranched alkanes of at least 4 members (excludes halogenated alkanes) is 1. The van der Waals surface area contributed by atoms with Gasteiger partial charge in [0, 0.05) is 32.5 Å². The standard InChI is InChI=1S/C16H21N5O/c1-3-4-10-21(2)16(22)14-7-8-15(20-19-14)18-12-13-6-5-9-17-11-13/h5-9,11H,3-4,10,12H2,1-2H3,(H,18,20). The van der Waals surface area contributed by atoms with Gasteiger partial charge in [-0.05, 0) is 30.2 Å². The van der Waals surface area contributed by atoms with E-state index in [1.54, 1.807) is 36.5 Å². The first-order valence-corrected chi connectivity index (χ1v) is 7.42. The van der Waals surface area contributed by atoms with Crippen LogP contribution in [0.4, 0.5) is 5.82 Å². The summed E-state index contributed by atoms with van der Waals surface area (Å²) in [6, 6.07) is 7.33. The van der Waals surface area contributed by atoms with E-state index in [1.165, 1.54) is 0 Å². The highest BCUT2D eigenvalue weighted by Crippen LogP contribution is 2.07. The van der Waals surface area contributed by atoms with Gasteiger partial charge in [-0.25, -0.2) is 0 Å². The molecule has 2 aromatic heterocycles. The Balaban J connectivity index is 1.91. The van der Waals surface area contributed by atoms with Crippen molar-refractivity contribution in [2.75, 3.05) is 18.9 Å². The molecule has 0 radical (unpaired) electrons. The van der Waals surface area contributed by atoms with Crippen molar-refractivity contribution in [2.45, 2.75) is 26.3 Å². The molecule has 0 bridgehead atoms. The fourth-order valence-electron chi connectivity index (χ4n) is 1.93. The van der Waals surface area contributed by atoms with Gasteiger partial charge in [0.2, 0.25) is 0 Å². The molecule has 0 spiro atoms. The highest BCUT2D eigenvalue weighted by atomic mass is 16.2. The molecular formula is C16H21N5O. The smallest absolute Gasteiger partial charge is 0.274 e. The van der Waals surface area contributed by atoms with E-state index >= 15 is 0 Å². The number of amides is 1. The molecule has 0 atom stereocenters. The summed E-state index contributed by atoms with van der Waals surface area (Å²) in [5.41, 5.74) is 1.43. The van der Waals surface area contributed by atoms with Gasteiger partial charge in [0.25, 0.3) is 5.91 Å². The van der Waals surface area contributed by atoms with E-state index < -0.39 is 0 Å². The molecule has 0 saturated carbocycles. The SMILES string of the molecule is CCCCN(C)C(=O)c1ccc(NCc2cccnc2)nn1. The number of rotatable bonds is 7. The van der Waals surface area contributed by atoms with E-state index in [9.17, 15) is 4.79 Å². The average Bonchev–Trinajstić information content (AvgIpc) is 2.58. The lowest BCUT2D eigenvalue weighted by molar-refractivity contribution is 0.0786. The first kappa shape index (κ1) is 15.9. The van der Waals surface area contributed by atoms with Crippen LogP contribution in [0.3, 0.4) is 0 Å². The van der Waals surface area contributed by atoms with E-state index in [-0.39, 0.29) is 5.91 Å². The molecule has 22 heavy (non-hydrogen) atoms. The van der Waals surface area contributed by atoms with Gasteiger partial charge in [-0.15, -0.1) is 10.2 Å². The van der Waals surface area contributed by atoms with Crippen molar-refractivity contribution in [2.24, 2.45) is 0 Å². The maximum Gasteiger partial charge on any atom is 0.274 e.